The summed E-state index contributed by atoms with van der Waals surface area (Å²) in [6.45, 7) is 2.91. The Hall–Kier alpha value is -2.96. The summed E-state index contributed by atoms with van der Waals surface area (Å²) in [5.41, 5.74) is 1.04. The van der Waals surface area contributed by atoms with Gasteiger partial charge in [0.05, 0.1) is 19.0 Å². The topological polar surface area (TPSA) is 101 Å². The molecular weight excluding hydrogens is 298 g/mol. The van der Waals surface area contributed by atoms with E-state index in [0.717, 1.165) is 18.1 Å². The van der Waals surface area contributed by atoms with Crippen LogP contribution in [0.2, 0.25) is 0 Å². The van der Waals surface area contributed by atoms with Crippen molar-refractivity contribution in [2.24, 2.45) is 0 Å². The number of aromatic carboxylic acids is 1. The summed E-state index contributed by atoms with van der Waals surface area (Å²) in [5.74, 6) is -0.792. The van der Waals surface area contributed by atoms with E-state index in [1.807, 2.05) is 31.2 Å². The van der Waals surface area contributed by atoms with Crippen LogP contribution >= 0.6 is 0 Å². The van der Waals surface area contributed by atoms with Gasteiger partial charge in [-0.15, -0.1) is 0 Å². The Labute approximate surface area is 133 Å². The number of nitrogens with zero attached hydrogens (tertiary/aromatic N) is 2. The van der Waals surface area contributed by atoms with Crippen LogP contribution in [-0.4, -0.2) is 40.1 Å². The number of benzene rings is 1. The molecule has 0 saturated heterocycles. The highest BCUT2D eigenvalue weighted by molar-refractivity contribution is 5.92. The number of carbonyl (C=O) groups excluding carboxylic acids is 1. The Kier molecular flexibility index (Phi) is 5.62. The van der Waals surface area contributed by atoms with Gasteiger partial charge < -0.3 is 15.2 Å². The predicted molar refractivity (Wildman–Crippen MR) is 82.6 cm³/mol. The van der Waals surface area contributed by atoms with Crippen LogP contribution < -0.4 is 10.1 Å². The minimum Gasteiger partial charge on any atom is -0.494 e. The molecule has 0 aliphatic carbocycles. The Morgan fingerprint density at radius 3 is 2.39 bits per heavy atom. The summed E-state index contributed by atoms with van der Waals surface area (Å²) in [6, 6.07) is 7.73. The van der Waals surface area contributed by atoms with Crippen molar-refractivity contribution in [1.82, 2.24) is 15.3 Å². The molecule has 0 radical (unpaired) electrons. The lowest BCUT2D eigenvalue weighted by molar-refractivity contribution is 0.0689. The van der Waals surface area contributed by atoms with E-state index in [-0.39, 0.29) is 11.4 Å². The van der Waals surface area contributed by atoms with Gasteiger partial charge in [-0.2, -0.15) is 0 Å². The van der Waals surface area contributed by atoms with Crippen LogP contribution in [0.1, 0.15) is 33.0 Å². The van der Waals surface area contributed by atoms with E-state index in [9.17, 15) is 9.59 Å². The van der Waals surface area contributed by atoms with Gasteiger partial charge in [0.25, 0.3) is 5.91 Å². The van der Waals surface area contributed by atoms with Crippen molar-refractivity contribution < 1.29 is 19.4 Å². The average Bonchev–Trinajstić information content (AvgIpc) is 2.56. The molecule has 0 aliphatic rings. The van der Waals surface area contributed by atoms with Gasteiger partial charge in [0.2, 0.25) is 0 Å². The zero-order valence-corrected chi connectivity index (χ0v) is 12.7. The molecule has 2 rings (SSSR count). The molecule has 1 heterocycles. The molecule has 1 aromatic carbocycles. The van der Waals surface area contributed by atoms with Crippen molar-refractivity contribution in [2.75, 3.05) is 13.2 Å². The van der Waals surface area contributed by atoms with Gasteiger partial charge >= 0.3 is 5.97 Å². The number of hydrogen-bond donors (Lipinski definition) is 2. The van der Waals surface area contributed by atoms with E-state index in [1.165, 1.54) is 5.56 Å². The smallest absolute Gasteiger partial charge is 0.356 e. The first-order chi connectivity index (χ1) is 11.1. The molecule has 120 valence electrons. The molecule has 0 saturated carbocycles. The zero-order valence-electron chi connectivity index (χ0n) is 12.7. The standard InChI is InChI=1S/C16H17N3O4/c1-11-3-5-12(6-4-11)23-8-2-7-17-15(20)13-9-19-14(10-18-13)16(21)22/h3-6,9-10H,2,7-8H2,1H3,(H,17,20)(H,21,22). The monoisotopic (exact) mass is 315 g/mol. The molecule has 0 unspecified atom stereocenters. The summed E-state index contributed by atoms with van der Waals surface area (Å²) in [5, 5.41) is 11.4. The third-order valence-corrected chi connectivity index (χ3v) is 3.00. The minimum absolute atomic E-state index is 0.0782. The maximum absolute atomic E-state index is 11.8. The fraction of sp³-hybridized carbons (Fsp3) is 0.250. The summed E-state index contributed by atoms with van der Waals surface area (Å²) in [7, 11) is 0. The first-order valence-electron chi connectivity index (χ1n) is 7.09. The van der Waals surface area contributed by atoms with Gasteiger partial charge in [0, 0.05) is 6.54 Å². The van der Waals surface area contributed by atoms with Crippen LogP contribution in [-0.2, 0) is 0 Å². The van der Waals surface area contributed by atoms with Crippen molar-refractivity contribution in [3.8, 4) is 5.75 Å². The molecule has 0 fully saturated rings. The van der Waals surface area contributed by atoms with Crippen LogP contribution in [0.15, 0.2) is 36.7 Å². The van der Waals surface area contributed by atoms with Crippen LogP contribution in [0.4, 0.5) is 0 Å². The first kappa shape index (κ1) is 16.4. The number of carbonyl (C=O) groups is 2. The SMILES string of the molecule is Cc1ccc(OCCCNC(=O)c2cnc(C(=O)O)cn2)cc1. The van der Waals surface area contributed by atoms with Crippen LogP contribution in [0.3, 0.4) is 0 Å². The average molecular weight is 315 g/mol. The maximum Gasteiger partial charge on any atom is 0.356 e. The number of aryl methyl sites for hydroxylation is 1. The Bertz CT molecular complexity index is 669. The summed E-state index contributed by atoms with van der Waals surface area (Å²) in [6.07, 6.45) is 2.83. The molecule has 0 aliphatic heterocycles. The largest absolute Gasteiger partial charge is 0.494 e. The lowest BCUT2D eigenvalue weighted by Gasteiger charge is -2.07. The minimum atomic E-state index is -1.18. The first-order valence-corrected chi connectivity index (χ1v) is 7.09. The van der Waals surface area contributed by atoms with Gasteiger partial charge in [-0.05, 0) is 25.5 Å². The van der Waals surface area contributed by atoms with Gasteiger partial charge in [-0.1, -0.05) is 17.7 Å². The molecule has 2 aromatic rings. The lowest BCUT2D eigenvalue weighted by Crippen LogP contribution is -2.26. The van der Waals surface area contributed by atoms with Crippen molar-refractivity contribution in [1.29, 1.82) is 0 Å². The number of amides is 1. The number of hydrogen-bond acceptors (Lipinski definition) is 5. The molecule has 7 heteroatoms. The third-order valence-electron chi connectivity index (χ3n) is 3.00. The molecule has 0 atom stereocenters. The van der Waals surface area contributed by atoms with E-state index in [0.29, 0.717) is 19.6 Å². The number of carboxylic acid groups (broad SMARTS) is 1. The Morgan fingerprint density at radius 2 is 1.78 bits per heavy atom. The molecule has 23 heavy (non-hydrogen) atoms. The van der Waals surface area contributed by atoms with Crippen molar-refractivity contribution in [3.05, 3.63) is 53.6 Å². The number of ether oxygens (including phenoxy) is 1. The number of aromatic nitrogens is 2. The molecular formula is C16H17N3O4. The summed E-state index contributed by atoms with van der Waals surface area (Å²) < 4.78 is 5.55. The van der Waals surface area contributed by atoms with Crippen molar-refractivity contribution in [3.63, 3.8) is 0 Å². The van der Waals surface area contributed by atoms with Gasteiger partial charge in [0.15, 0.2) is 5.69 Å². The van der Waals surface area contributed by atoms with E-state index in [1.54, 1.807) is 0 Å². The summed E-state index contributed by atoms with van der Waals surface area (Å²) >= 11 is 0. The number of carboxylic acids is 1. The van der Waals surface area contributed by atoms with E-state index in [4.69, 9.17) is 9.84 Å². The van der Waals surface area contributed by atoms with Gasteiger partial charge in [-0.3, -0.25) is 4.79 Å². The zero-order chi connectivity index (χ0) is 16.7. The van der Waals surface area contributed by atoms with E-state index >= 15 is 0 Å². The maximum atomic E-state index is 11.8. The third kappa shape index (κ3) is 5.06. The molecule has 0 bridgehead atoms. The van der Waals surface area contributed by atoms with Crippen LogP contribution in [0, 0.1) is 6.92 Å². The highest BCUT2D eigenvalue weighted by Gasteiger charge is 2.10. The van der Waals surface area contributed by atoms with Crippen LogP contribution in [0.5, 0.6) is 5.75 Å². The van der Waals surface area contributed by atoms with Crippen LogP contribution in [0.25, 0.3) is 0 Å². The number of nitrogens with one attached hydrogen (secondary N) is 1. The van der Waals surface area contributed by atoms with Gasteiger partial charge in [0.1, 0.15) is 11.4 Å². The van der Waals surface area contributed by atoms with E-state index < -0.39 is 11.9 Å². The highest BCUT2D eigenvalue weighted by atomic mass is 16.5. The molecule has 7 nitrogen and oxygen atoms in total. The Morgan fingerprint density at radius 1 is 1.13 bits per heavy atom. The van der Waals surface area contributed by atoms with Crippen molar-refractivity contribution >= 4 is 11.9 Å². The molecule has 1 aromatic heterocycles. The quantitative estimate of drug-likeness (QED) is 0.754. The second kappa shape index (κ2) is 7.88. The second-order valence-corrected chi connectivity index (χ2v) is 4.86. The molecule has 2 N–H and O–H groups in total. The lowest BCUT2D eigenvalue weighted by atomic mass is 10.2. The highest BCUT2D eigenvalue weighted by Crippen LogP contribution is 2.11. The van der Waals surface area contributed by atoms with E-state index in [2.05, 4.69) is 15.3 Å². The molecule has 1 amide bonds. The van der Waals surface area contributed by atoms with Gasteiger partial charge in [-0.25, -0.2) is 14.8 Å². The summed E-state index contributed by atoms with van der Waals surface area (Å²) in [4.78, 5) is 29.9. The fourth-order valence-electron chi connectivity index (χ4n) is 1.74. The second-order valence-electron chi connectivity index (χ2n) is 4.86. The van der Waals surface area contributed by atoms with Crippen molar-refractivity contribution in [2.45, 2.75) is 13.3 Å². The fourth-order valence-corrected chi connectivity index (χ4v) is 1.74. The number of rotatable bonds is 7. The Balaban J connectivity index is 1.70. The molecule has 0 spiro atoms. The normalized spacial score (nSPS) is 10.1. The predicted octanol–water partition coefficient (Wildman–Crippen LogP) is 1.68.